The highest BCUT2D eigenvalue weighted by Crippen LogP contribution is 2.25. The first-order valence-corrected chi connectivity index (χ1v) is 10.7. The van der Waals surface area contributed by atoms with Crippen LogP contribution in [0.3, 0.4) is 0 Å². The molecule has 4 rings (SSSR count). The Morgan fingerprint density at radius 3 is 2.41 bits per heavy atom. The number of nitrogens with one attached hydrogen (secondary N) is 3. The number of hydrogen-bond acceptors (Lipinski definition) is 6. The fourth-order valence-electron chi connectivity index (χ4n) is 3.42. The number of benzene rings is 2. The van der Waals surface area contributed by atoms with Crippen LogP contribution < -0.4 is 20.7 Å². The third-order valence-electron chi connectivity index (χ3n) is 5.39. The lowest BCUT2D eigenvalue weighted by Crippen LogP contribution is -2.80. The van der Waals surface area contributed by atoms with Crippen LogP contribution in [0.15, 0.2) is 85.2 Å². The van der Waals surface area contributed by atoms with Crippen molar-refractivity contribution in [1.29, 1.82) is 0 Å². The number of β-lactam (4-membered cyclic amide) rings is 1. The van der Waals surface area contributed by atoms with Gasteiger partial charge in [-0.1, -0.05) is 54.6 Å². The van der Waals surface area contributed by atoms with Gasteiger partial charge >= 0.3 is 6.09 Å². The van der Waals surface area contributed by atoms with Crippen molar-refractivity contribution in [1.82, 2.24) is 20.9 Å². The quantitative estimate of drug-likeness (QED) is 0.445. The van der Waals surface area contributed by atoms with E-state index in [2.05, 4.69) is 20.9 Å². The number of pyridine rings is 1. The van der Waals surface area contributed by atoms with Crippen molar-refractivity contribution in [3.63, 3.8) is 0 Å². The van der Waals surface area contributed by atoms with Crippen LogP contribution in [0.4, 0.5) is 4.79 Å². The highest BCUT2D eigenvalue weighted by molar-refractivity contribution is 5.98. The van der Waals surface area contributed by atoms with Gasteiger partial charge in [0.25, 0.3) is 5.91 Å². The van der Waals surface area contributed by atoms with E-state index < -0.39 is 35.7 Å². The molecule has 3 N–H and O–H groups in total. The zero-order chi connectivity index (χ0) is 24.0. The molecule has 0 saturated carbocycles. The lowest BCUT2D eigenvalue weighted by Gasteiger charge is -2.46. The third kappa shape index (κ3) is 5.15. The second kappa shape index (κ2) is 10.0. The predicted octanol–water partition coefficient (Wildman–Crippen LogP) is 2.46. The van der Waals surface area contributed by atoms with Crippen molar-refractivity contribution >= 4 is 17.9 Å². The van der Waals surface area contributed by atoms with Gasteiger partial charge < -0.3 is 25.4 Å². The number of ether oxygens (including phenoxy) is 2. The van der Waals surface area contributed by atoms with Crippen LogP contribution in [0.1, 0.15) is 24.1 Å². The van der Waals surface area contributed by atoms with Gasteiger partial charge in [-0.2, -0.15) is 0 Å². The molecule has 0 radical (unpaired) electrons. The zero-order valence-corrected chi connectivity index (χ0v) is 18.4. The van der Waals surface area contributed by atoms with Crippen molar-refractivity contribution in [2.45, 2.75) is 31.3 Å². The van der Waals surface area contributed by atoms with Gasteiger partial charge in [0.05, 0.1) is 0 Å². The number of amides is 3. The maximum Gasteiger partial charge on any atom is 0.408 e. The first-order chi connectivity index (χ1) is 16.5. The summed E-state index contributed by atoms with van der Waals surface area (Å²) in [5.74, 6) is -0.471. The van der Waals surface area contributed by atoms with Crippen molar-refractivity contribution in [3.8, 4) is 5.75 Å². The molecule has 0 aliphatic carbocycles. The summed E-state index contributed by atoms with van der Waals surface area (Å²) < 4.78 is 11.1. The molecule has 0 unspecified atom stereocenters. The smallest absolute Gasteiger partial charge is 0.408 e. The molecule has 3 aromatic rings. The number of aromatic nitrogens is 1. The fraction of sp³-hybridized carbons (Fsp3) is 0.200. The summed E-state index contributed by atoms with van der Waals surface area (Å²) in [7, 11) is 0. The monoisotopic (exact) mass is 460 g/mol. The molecule has 1 aliphatic rings. The van der Waals surface area contributed by atoms with Crippen molar-refractivity contribution in [3.05, 3.63) is 96.3 Å². The summed E-state index contributed by atoms with van der Waals surface area (Å²) in [5.41, 5.74) is -0.108. The van der Waals surface area contributed by atoms with Gasteiger partial charge in [-0.3, -0.25) is 14.6 Å². The van der Waals surface area contributed by atoms with Gasteiger partial charge in [0.15, 0.2) is 5.54 Å². The molecule has 9 heteroatoms. The van der Waals surface area contributed by atoms with Gasteiger partial charge in [0, 0.05) is 18.0 Å². The summed E-state index contributed by atoms with van der Waals surface area (Å²) >= 11 is 0. The zero-order valence-electron chi connectivity index (χ0n) is 18.4. The fourth-order valence-corrected chi connectivity index (χ4v) is 3.42. The molecule has 1 fully saturated rings. The lowest BCUT2D eigenvalue weighted by atomic mass is 9.89. The minimum absolute atomic E-state index is 0.0428. The summed E-state index contributed by atoms with van der Waals surface area (Å²) in [6.07, 6.45) is 1.44. The van der Waals surface area contributed by atoms with Crippen LogP contribution in [-0.4, -0.2) is 34.7 Å². The van der Waals surface area contributed by atoms with E-state index in [1.807, 2.05) is 36.4 Å². The Labute approximate surface area is 196 Å². The summed E-state index contributed by atoms with van der Waals surface area (Å²) in [6, 6.07) is 20.3. The Hall–Kier alpha value is -4.40. The van der Waals surface area contributed by atoms with Gasteiger partial charge in [-0.05, 0) is 30.7 Å². The van der Waals surface area contributed by atoms with E-state index in [0.29, 0.717) is 11.3 Å². The second-order valence-electron chi connectivity index (χ2n) is 7.90. The van der Waals surface area contributed by atoms with Gasteiger partial charge in [0.2, 0.25) is 12.1 Å². The normalized spacial score (nSPS) is 19.7. The molecule has 1 saturated heterocycles. The SMILES string of the molecule is C[C@@]1(NC(=O)[C@@H](NC(=O)OCc2ccccc2)c2cccnc2)C(=O)N[C@H]1Oc1ccccc1. The minimum atomic E-state index is -1.34. The Bertz CT molecular complexity index is 1140. The third-order valence-corrected chi connectivity index (χ3v) is 5.39. The summed E-state index contributed by atoms with van der Waals surface area (Å²) in [6.45, 7) is 1.60. The second-order valence-corrected chi connectivity index (χ2v) is 7.90. The van der Waals surface area contributed by atoms with Gasteiger partial charge in [-0.25, -0.2) is 4.79 Å². The van der Waals surface area contributed by atoms with Gasteiger partial charge in [0.1, 0.15) is 18.4 Å². The van der Waals surface area contributed by atoms with Crippen molar-refractivity contribution in [2.24, 2.45) is 0 Å². The van der Waals surface area contributed by atoms with E-state index in [0.717, 1.165) is 5.56 Å². The highest BCUT2D eigenvalue weighted by atomic mass is 16.5. The van der Waals surface area contributed by atoms with Crippen LogP contribution >= 0.6 is 0 Å². The Balaban J connectivity index is 1.45. The number of nitrogens with zero attached hydrogens (tertiary/aromatic N) is 1. The van der Waals surface area contributed by atoms with E-state index >= 15 is 0 Å². The van der Waals surface area contributed by atoms with Crippen LogP contribution in [0.2, 0.25) is 0 Å². The first-order valence-electron chi connectivity index (χ1n) is 10.7. The molecule has 2 aromatic carbocycles. The molecule has 2 heterocycles. The molecule has 0 spiro atoms. The minimum Gasteiger partial charge on any atom is -0.468 e. The van der Waals surface area contributed by atoms with E-state index in [-0.39, 0.29) is 6.61 Å². The number of alkyl carbamates (subject to hydrolysis) is 1. The summed E-state index contributed by atoms with van der Waals surface area (Å²) in [5, 5.41) is 7.93. The highest BCUT2D eigenvalue weighted by Gasteiger charge is 2.55. The molecule has 174 valence electrons. The molecule has 9 nitrogen and oxygen atoms in total. The first kappa shape index (κ1) is 22.8. The summed E-state index contributed by atoms with van der Waals surface area (Å²) in [4.78, 5) is 42.2. The van der Waals surface area contributed by atoms with E-state index in [1.54, 1.807) is 49.5 Å². The Morgan fingerprint density at radius 2 is 1.76 bits per heavy atom. The number of hydrogen-bond donors (Lipinski definition) is 3. The van der Waals surface area contributed by atoms with Crippen molar-refractivity contribution < 1.29 is 23.9 Å². The number of rotatable bonds is 8. The molecule has 3 amide bonds. The topological polar surface area (TPSA) is 119 Å². The molecule has 1 aromatic heterocycles. The molecule has 0 bridgehead atoms. The standard InChI is InChI=1S/C25H24N4O5/c1-25(22(31)28-23(25)34-19-12-6-3-7-13-19)29-21(30)20(18-11-8-14-26-15-18)27-24(32)33-16-17-9-4-2-5-10-17/h2-15,20,23H,16H2,1H3,(H,27,32)(H,28,31)(H,29,30)/t20-,23-,25+/m0/s1. The average Bonchev–Trinajstić information content (AvgIpc) is 2.87. The Morgan fingerprint density at radius 1 is 1.06 bits per heavy atom. The van der Waals surface area contributed by atoms with Crippen molar-refractivity contribution in [2.75, 3.05) is 0 Å². The van der Waals surface area contributed by atoms with E-state index in [9.17, 15) is 14.4 Å². The maximum absolute atomic E-state index is 13.3. The van der Waals surface area contributed by atoms with Crippen LogP contribution in [0.25, 0.3) is 0 Å². The maximum atomic E-state index is 13.3. The molecule has 3 atom stereocenters. The lowest BCUT2D eigenvalue weighted by molar-refractivity contribution is -0.154. The molecular formula is C25H24N4O5. The van der Waals surface area contributed by atoms with Gasteiger partial charge in [-0.15, -0.1) is 0 Å². The molecular weight excluding hydrogens is 436 g/mol. The molecule has 1 aliphatic heterocycles. The molecule has 34 heavy (non-hydrogen) atoms. The number of carbonyl (C=O) groups excluding carboxylic acids is 3. The average molecular weight is 460 g/mol. The largest absolute Gasteiger partial charge is 0.468 e. The number of carbonyl (C=O) groups is 3. The Kier molecular flexibility index (Phi) is 6.72. The van der Waals surface area contributed by atoms with E-state index in [1.165, 1.54) is 6.20 Å². The van der Waals surface area contributed by atoms with Crippen LogP contribution in [0, 0.1) is 0 Å². The van der Waals surface area contributed by atoms with Crippen LogP contribution in [-0.2, 0) is 20.9 Å². The van der Waals surface area contributed by atoms with Crippen LogP contribution in [0.5, 0.6) is 5.75 Å². The predicted molar refractivity (Wildman–Crippen MR) is 122 cm³/mol. The van der Waals surface area contributed by atoms with E-state index in [4.69, 9.17) is 9.47 Å². The number of para-hydroxylation sites is 1.